The van der Waals surface area contributed by atoms with E-state index in [1.54, 1.807) is 4.90 Å². The summed E-state index contributed by atoms with van der Waals surface area (Å²) in [5, 5.41) is 8.60. The van der Waals surface area contributed by atoms with E-state index >= 15 is 0 Å². The molecular formula is C13H27NO4. The van der Waals surface area contributed by atoms with Gasteiger partial charge in [-0.2, -0.15) is 0 Å². The van der Waals surface area contributed by atoms with E-state index in [9.17, 15) is 4.79 Å². The van der Waals surface area contributed by atoms with Crippen LogP contribution >= 0.6 is 0 Å². The molecule has 1 amide bonds. The van der Waals surface area contributed by atoms with E-state index in [0.29, 0.717) is 19.8 Å². The van der Waals surface area contributed by atoms with Crippen LogP contribution in [0, 0.1) is 0 Å². The second kappa shape index (κ2) is 8.45. The molecule has 0 aliphatic heterocycles. The second-order valence-electron chi connectivity index (χ2n) is 5.42. The van der Waals surface area contributed by atoms with Gasteiger partial charge in [-0.25, -0.2) is 0 Å². The van der Waals surface area contributed by atoms with E-state index in [0.717, 1.165) is 0 Å². The quantitative estimate of drug-likeness (QED) is 0.663. The summed E-state index contributed by atoms with van der Waals surface area (Å²) in [7, 11) is 0. The van der Waals surface area contributed by atoms with Gasteiger partial charge in [0.15, 0.2) is 0 Å². The SMILES string of the molecule is CC(C)N(CCOCCO)C(=O)COC(C)(C)C. The van der Waals surface area contributed by atoms with Crippen molar-refractivity contribution < 1.29 is 19.4 Å². The average Bonchev–Trinajstić information content (AvgIpc) is 2.24. The lowest BCUT2D eigenvalue weighted by Gasteiger charge is -2.28. The zero-order valence-corrected chi connectivity index (χ0v) is 12.2. The first-order valence-corrected chi connectivity index (χ1v) is 6.40. The van der Waals surface area contributed by atoms with Crippen molar-refractivity contribution in [3.05, 3.63) is 0 Å². The fraction of sp³-hybridized carbons (Fsp3) is 0.923. The van der Waals surface area contributed by atoms with Crippen LogP contribution in [-0.4, -0.2) is 60.5 Å². The highest BCUT2D eigenvalue weighted by Gasteiger charge is 2.19. The maximum atomic E-state index is 12.0. The van der Waals surface area contributed by atoms with Gasteiger partial charge in [0.1, 0.15) is 6.61 Å². The molecule has 0 aliphatic rings. The summed E-state index contributed by atoms with van der Waals surface area (Å²) in [5.41, 5.74) is -0.314. The minimum Gasteiger partial charge on any atom is -0.394 e. The first-order valence-electron chi connectivity index (χ1n) is 6.40. The summed E-state index contributed by atoms with van der Waals surface area (Å²) in [5.74, 6) is -0.0347. The van der Waals surface area contributed by atoms with Crippen molar-refractivity contribution in [2.75, 3.05) is 33.0 Å². The molecule has 0 rings (SSSR count). The highest BCUT2D eigenvalue weighted by Crippen LogP contribution is 2.08. The fourth-order valence-corrected chi connectivity index (χ4v) is 1.36. The minimum atomic E-state index is -0.314. The van der Waals surface area contributed by atoms with Crippen LogP contribution in [0.2, 0.25) is 0 Å². The Morgan fingerprint density at radius 3 is 2.33 bits per heavy atom. The van der Waals surface area contributed by atoms with Gasteiger partial charge in [0.25, 0.3) is 0 Å². The number of ether oxygens (including phenoxy) is 2. The predicted molar refractivity (Wildman–Crippen MR) is 70.5 cm³/mol. The summed E-state index contributed by atoms with van der Waals surface area (Å²) in [6.07, 6.45) is 0. The average molecular weight is 261 g/mol. The van der Waals surface area contributed by atoms with E-state index in [4.69, 9.17) is 14.6 Å². The number of carbonyl (C=O) groups is 1. The van der Waals surface area contributed by atoms with E-state index in [1.165, 1.54) is 0 Å². The van der Waals surface area contributed by atoms with E-state index in [-0.39, 0.29) is 30.8 Å². The number of aliphatic hydroxyl groups is 1. The topological polar surface area (TPSA) is 59.0 Å². The first-order chi connectivity index (χ1) is 8.28. The van der Waals surface area contributed by atoms with E-state index < -0.39 is 0 Å². The standard InChI is InChI=1S/C13H27NO4/c1-11(2)14(6-8-17-9-7-15)12(16)10-18-13(3,4)5/h11,15H,6-10H2,1-5H3. The van der Waals surface area contributed by atoms with Gasteiger partial charge in [0.05, 0.1) is 25.4 Å². The molecular weight excluding hydrogens is 234 g/mol. The molecule has 0 aromatic carbocycles. The number of nitrogens with zero attached hydrogens (tertiary/aromatic N) is 1. The van der Waals surface area contributed by atoms with Gasteiger partial charge in [-0.1, -0.05) is 0 Å². The number of hydrogen-bond donors (Lipinski definition) is 1. The Morgan fingerprint density at radius 2 is 1.89 bits per heavy atom. The highest BCUT2D eigenvalue weighted by molar-refractivity contribution is 5.77. The third kappa shape index (κ3) is 8.44. The first kappa shape index (κ1) is 17.4. The van der Waals surface area contributed by atoms with Crippen molar-refractivity contribution in [3.63, 3.8) is 0 Å². The summed E-state index contributed by atoms with van der Waals surface area (Å²) < 4.78 is 10.7. The maximum absolute atomic E-state index is 12.0. The molecule has 0 bridgehead atoms. The van der Waals surface area contributed by atoms with Crippen LogP contribution in [-0.2, 0) is 14.3 Å². The molecule has 0 unspecified atom stereocenters. The molecule has 1 N–H and O–H groups in total. The smallest absolute Gasteiger partial charge is 0.248 e. The molecule has 0 aromatic rings. The normalized spacial score (nSPS) is 11.9. The van der Waals surface area contributed by atoms with E-state index in [1.807, 2.05) is 34.6 Å². The zero-order chi connectivity index (χ0) is 14.2. The summed E-state index contributed by atoms with van der Waals surface area (Å²) in [6.45, 7) is 11.0. The Bertz CT molecular complexity index is 236. The van der Waals surface area contributed by atoms with Crippen LogP contribution in [0.5, 0.6) is 0 Å². The van der Waals surface area contributed by atoms with Gasteiger partial charge in [0.2, 0.25) is 5.91 Å². The van der Waals surface area contributed by atoms with Crippen molar-refractivity contribution in [2.24, 2.45) is 0 Å². The van der Waals surface area contributed by atoms with E-state index in [2.05, 4.69) is 0 Å². The Balaban J connectivity index is 4.11. The Kier molecular flexibility index (Phi) is 8.15. The summed E-state index contributed by atoms with van der Waals surface area (Å²) in [4.78, 5) is 13.7. The van der Waals surface area contributed by atoms with Gasteiger partial charge in [-0.05, 0) is 34.6 Å². The van der Waals surface area contributed by atoms with Gasteiger partial charge >= 0.3 is 0 Å². The summed E-state index contributed by atoms with van der Waals surface area (Å²) in [6, 6.07) is 0.110. The Labute approximate surface area is 110 Å². The van der Waals surface area contributed by atoms with Crippen LogP contribution in [0.1, 0.15) is 34.6 Å². The molecule has 0 atom stereocenters. The fourth-order valence-electron chi connectivity index (χ4n) is 1.36. The monoisotopic (exact) mass is 261 g/mol. The van der Waals surface area contributed by atoms with Crippen LogP contribution < -0.4 is 0 Å². The largest absolute Gasteiger partial charge is 0.394 e. The minimum absolute atomic E-state index is 0.00274. The van der Waals surface area contributed by atoms with Crippen LogP contribution in [0.25, 0.3) is 0 Å². The van der Waals surface area contributed by atoms with Gasteiger partial charge < -0.3 is 19.5 Å². The molecule has 5 nitrogen and oxygen atoms in total. The molecule has 0 saturated carbocycles. The highest BCUT2D eigenvalue weighted by atomic mass is 16.5. The Morgan fingerprint density at radius 1 is 1.28 bits per heavy atom. The van der Waals surface area contributed by atoms with Gasteiger partial charge in [-0.15, -0.1) is 0 Å². The number of aliphatic hydroxyl groups excluding tert-OH is 1. The second-order valence-corrected chi connectivity index (χ2v) is 5.42. The predicted octanol–water partition coefficient (Wildman–Crippen LogP) is 1.05. The molecule has 108 valence electrons. The van der Waals surface area contributed by atoms with Gasteiger partial charge in [-0.3, -0.25) is 4.79 Å². The van der Waals surface area contributed by atoms with Gasteiger partial charge in [0, 0.05) is 12.6 Å². The summed E-state index contributed by atoms with van der Waals surface area (Å²) >= 11 is 0. The molecule has 0 spiro atoms. The lowest BCUT2D eigenvalue weighted by Crippen LogP contribution is -2.42. The van der Waals surface area contributed by atoms with Crippen molar-refractivity contribution in [1.82, 2.24) is 4.90 Å². The molecule has 0 radical (unpaired) electrons. The molecule has 0 fully saturated rings. The lowest BCUT2D eigenvalue weighted by molar-refractivity contribution is -0.143. The van der Waals surface area contributed by atoms with Crippen LogP contribution in [0.4, 0.5) is 0 Å². The van der Waals surface area contributed by atoms with Crippen molar-refractivity contribution >= 4 is 5.91 Å². The molecule has 0 aliphatic carbocycles. The van der Waals surface area contributed by atoms with Crippen LogP contribution in [0.3, 0.4) is 0 Å². The van der Waals surface area contributed by atoms with Crippen LogP contribution in [0.15, 0.2) is 0 Å². The third-order valence-corrected chi connectivity index (χ3v) is 2.28. The molecule has 0 saturated heterocycles. The molecule has 18 heavy (non-hydrogen) atoms. The lowest BCUT2D eigenvalue weighted by atomic mass is 10.2. The maximum Gasteiger partial charge on any atom is 0.248 e. The number of rotatable bonds is 8. The Hall–Kier alpha value is -0.650. The van der Waals surface area contributed by atoms with Crippen molar-refractivity contribution in [2.45, 2.75) is 46.3 Å². The molecule has 5 heteroatoms. The number of hydrogen-bond acceptors (Lipinski definition) is 4. The number of amides is 1. The zero-order valence-electron chi connectivity index (χ0n) is 12.2. The van der Waals surface area contributed by atoms with Crippen molar-refractivity contribution in [1.29, 1.82) is 0 Å². The van der Waals surface area contributed by atoms with Crippen molar-refractivity contribution in [3.8, 4) is 0 Å². The molecule has 0 aromatic heterocycles. The molecule has 0 heterocycles. The third-order valence-electron chi connectivity index (χ3n) is 2.28. The number of carbonyl (C=O) groups excluding carboxylic acids is 1.